The van der Waals surface area contributed by atoms with Gasteiger partial charge in [0.1, 0.15) is 17.7 Å². The van der Waals surface area contributed by atoms with E-state index in [0.717, 1.165) is 61.7 Å². The summed E-state index contributed by atoms with van der Waals surface area (Å²) in [5, 5.41) is 22.7. The minimum Gasteiger partial charge on any atom is -0.488 e. The highest BCUT2D eigenvalue weighted by Gasteiger charge is 2.30. The molecule has 2 unspecified atom stereocenters. The fourth-order valence-corrected chi connectivity index (χ4v) is 5.03. The van der Waals surface area contributed by atoms with Crippen molar-refractivity contribution in [2.75, 3.05) is 16.9 Å². The zero-order valence-corrected chi connectivity index (χ0v) is 25.6. The Morgan fingerprint density at radius 1 is 1.03 bits per heavy atom. The van der Waals surface area contributed by atoms with Crippen LogP contribution in [0, 0.1) is 0 Å². The van der Waals surface area contributed by atoms with Crippen LogP contribution in [0.15, 0.2) is 29.4 Å². The summed E-state index contributed by atoms with van der Waals surface area (Å²) in [5.74, 6) is 2.62. The summed E-state index contributed by atoms with van der Waals surface area (Å²) in [6.07, 6.45) is 6.02. The molecule has 3 aromatic rings. The highest BCUT2D eigenvalue weighted by molar-refractivity contribution is 5.88. The summed E-state index contributed by atoms with van der Waals surface area (Å²) in [4.78, 5) is 0. The second-order valence-electron chi connectivity index (χ2n) is 12.2. The average Bonchev–Trinajstić information content (AvgIpc) is 3.64. The Balaban J connectivity index is 1.51. The first-order valence-corrected chi connectivity index (χ1v) is 14.9. The molecule has 4 rings (SSSR count). The number of ether oxygens (including phenoxy) is 1. The molecule has 0 spiro atoms. The molecule has 8 heteroatoms. The molecule has 8 nitrogen and oxygen atoms in total. The highest BCUT2D eigenvalue weighted by atomic mass is 16.5. The van der Waals surface area contributed by atoms with E-state index in [4.69, 9.17) is 9.84 Å². The number of rotatable bonds is 13. The van der Waals surface area contributed by atoms with Gasteiger partial charge in [0.05, 0.1) is 12.6 Å². The van der Waals surface area contributed by atoms with Gasteiger partial charge in [0.15, 0.2) is 5.65 Å². The van der Waals surface area contributed by atoms with E-state index in [-0.39, 0.29) is 16.9 Å². The molecule has 39 heavy (non-hydrogen) atoms. The van der Waals surface area contributed by atoms with Crippen LogP contribution >= 0.6 is 0 Å². The van der Waals surface area contributed by atoms with Crippen LogP contribution in [-0.4, -0.2) is 44.2 Å². The molecule has 0 fully saturated rings. The van der Waals surface area contributed by atoms with Gasteiger partial charge >= 0.3 is 0 Å². The molecule has 0 amide bonds. The zero-order valence-electron chi connectivity index (χ0n) is 25.6. The van der Waals surface area contributed by atoms with Crippen LogP contribution in [0.5, 0.6) is 5.75 Å². The van der Waals surface area contributed by atoms with Crippen LogP contribution in [-0.2, 0) is 10.8 Å². The van der Waals surface area contributed by atoms with Crippen molar-refractivity contribution in [3.63, 3.8) is 0 Å². The van der Waals surface area contributed by atoms with Gasteiger partial charge in [-0.3, -0.25) is 5.10 Å². The van der Waals surface area contributed by atoms with Gasteiger partial charge in [-0.05, 0) is 54.6 Å². The third kappa shape index (κ3) is 5.94. The van der Waals surface area contributed by atoms with E-state index in [1.54, 1.807) is 0 Å². The molecule has 0 bridgehead atoms. The van der Waals surface area contributed by atoms with Gasteiger partial charge < -0.3 is 10.1 Å². The Kier molecular flexibility index (Phi) is 8.62. The number of nitrogens with one attached hydrogen (secondary N) is 2. The van der Waals surface area contributed by atoms with Gasteiger partial charge in [0.2, 0.25) is 0 Å². The van der Waals surface area contributed by atoms with E-state index in [1.165, 1.54) is 16.8 Å². The van der Waals surface area contributed by atoms with E-state index in [2.05, 4.69) is 101 Å². The molecule has 0 saturated heterocycles. The number of anilines is 2. The van der Waals surface area contributed by atoms with Crippen molar-refractivity contribution < 1.29 is 4.74 Å². The lowest BCUT2D eigenvalue weighted by molar-refractivity contribution is 0.204. The van der Waals surface area contributed by atoms with Gasteiger partial charge in [-0.15, -0.1) is 10.2 Å². The minimum atomic E-state index is 0.0226. The third-order valence-electron chi connectivity index (χ3n) is 8.85. The standard InChI is InChI=1S/C31H49N7O/c1-10-22-18-23(11-2)37(35-22)29-34-33-28-19-27(36-38(28)29)32-20-24(12-3)39-26-16-15-21(30(6,7)13-4)17-25(26)31(8,9)14-5/h15-17,19,23-24,32,36H,10-14,18,20H2,1-9H3. The molecular formula is C31H49N7O. The Morgan fingerprint density at radius 3 is 2.41 bits per heavy atom. The van der Waals surface area contributed by atoms with Crippen molar-refractivity contribution in [3.05, 3.63) is 35.4 Å². The molecule has 214 valence electrons. The van der Waals surface area contributed by atoms with Gasteiger partial charge in [0.25, 0.3) is 5.95 Å². The molecule has 0 saturated carbocycles. The molecule has 2 N–H and O–H groups in total. The molecular weight excluding hydrogens is 486 g/mol. The molecule has 1 aromatic carbocycles. The molecule has 2 aromatic heterocycles. The fraction of sp³-hybridized carbons (Fsp3) is 0.645. The second-order valence-corrected chi connectivity index (χ2v) is 12.2. The Labute approximate surface area is 234 Å². The first-order valence-electron chi connectivity index (χ1n) is 14.9. The van der Waals surface area contributed by atoms with Crippen LogP contribution < -0.4 is 15.1 Å². The molecule has 0 aliphatic carbocycles. The quantitative estimate of drug-likeness (QED) is 0.237. The van der Waals surface area contributed by atoms with Crippen LogP contribution in [0.4, 0.5) is 11.8 Å². The van der Waals surface area contributed by atoms with Crippen molar-refractivity contribution in [1.29, 1.82) is 0 Å². The van der Waals surface area contributed by atoms with Gasteiger partial charge in [-0.2, -0.15) is 9.62 Å². The van der Waals surface area contributed by atoms with Crippen LogP contribution in [0.3, 0.4) is 0 Å². The summed E-state index contributed by atoms with van der Waals surface area (Å²) in [6.45, 7) is 21.0. The summed E-state index contributed by atoms with van der Waals surface area (Å²) >= 11 is 0. The number of nitrogens with zero attached hydrogens (tertiary/aromatic N) is 5. The van der Waals surface area contributed by atoms with Gasteiger partial charge in [-0.1, -0.05) is 74.4 Å². The lowest BCUT2D eigenvalue weighted by atomic mass is 9.76. The largest absolute Gasteiger partial charge is 0.488 e. The van der Waals surface area contributed by atoms with Gasteiger partial charge in [0, 0.05) is 23.8 Å². The SMILES string of the molecule is CCC1=NN(c2nnc3cc(NCC(CC)Oc4ccc(C(C)(C)CC)cc4C(C)(C)CC)[nH]n23)C(CC)C1. The number of benzene rings is 1. The smallest absolute Gasteiger partial charge is 0.267 e. The predicted molar refractivity (Wildman–Crippen MR) is 163 cm³/mol. The summed E-state index contributed by atoms with van der Waals surface area (Å²) < 4.78 is 8.60. The number of hydrogen-bond donors (Lipinski definition) is 2. The van der Waals surface area contributed by atoms with E-state index < -0.39 is 0 Å². The second kappa shape index (κ2) is 11.6. The summed E-state index contributed by atoms with van der Waals surface area (Å²) in [7, 11) is 0. The number of aromatic amines is 1. The predicted octanol–water partition coefficient (Wildman–Crippen LogP) is 7.46. The van der Waals surface area contributed by atoms with Crippen molar-refractivity contribution in [2.24, 2.45) is 5.10 Å². The number of fused-ring (bicyclic) bond motifs is 1. The van der Waals surface area contributed by atoms with Crippen LogP contribution in [0.25, 0.3) is 5.65 Å². The lowest BCUT2D eigenvalue weighted by Crippen LogP contribution is -2.28. The summed E-state index contributed by atoms with van der Waals surface area (Å²) in [6, 6.07) is 9.13. The van der Waals surface area contributed by atoms with Gasteiger partial charge in [-0.25, -0.2) is 5.01 Å². The number of hydrazone groups is 1. The third-order valence-corrected chi connectivity index (χ3v) is 8.85. The average molecular weight is 536 g/mol. The Morgan fingerprint density at radius 2 is 1.77 bits per heavy atom. The number of H-pyrrole nitrogens is 1. The molecule has 2 atom stereocenters. The fourth-order valence-electron chi connectivity index (χ4n) is 5.03. The Hall–Kier alpha value is -3.03. The zero-order chi connectivity index (χ0) is 28.4. The van der Waals surface area contributed by atoms with E-state index in [0.29, 0.717) is 12.6 Å². The Bertz CT molecular complexity index is 1290. The molecule has 3 heterocycles. The molecule has 1 aliphatic heterocycles. The monoisotopic (exact) mass is 535 g/mol. The topological polar surface area (TPSA) is 82.8 Å². The van der Waals surface area contributed by atoms with Crippen molar-refractivity contribution in [1.82, 2.24) is 19.8 Å². The van der Waals surface area contributed by atoms with E-state index in [9.17, 15) is 0 Å². The van der Waals surface area contributed by atoms with E-state index >= 15 is 0 Å². The van der Waals surface area contributed by atoms with Crippen LogP contribution in [0.2, 0.25) is 0 Å². The minimum absolute atomic E-state index is 0.0226. The number of hydrogen-bond acceptors (Lipinski definition) is 6. The maximum Gasteiger partial charge on any atom is 0.267 e. The van der Waals surface area contributed by atoms with Crippen molar-refractivity contribution in [2.45, 2.75) is 124 Å². The lowest BCUT2D eigenvalue weighted by Gasteiger charge is -2.31. The molecule has 1 aliphatic rings. The number of aromatic nitrogens is 4. The first kappa shape index (κ1) is 29.0. The first-order chi connectivity index (χ1) is 18.6. The normalized spacial score (nSPS) is 17.1. The maximum atomic E-state index is 6.68. The van der Waals surface area contributed by atoms with Crippen molar-refractivity contribution in [3.8, 4) is 5.75 Å². The van der Waals surface area contributed by atoms with Crippen LogP contribution in [0.1, 0.15) is 112 Å². The highest BCUT2D eigenvalue weighted by Crippen LogP contribution is 2.39. The van der Waals surface area contributed by atoms with E-state index in [1.807, 2.05) is 15.6 Å². The summed E-state index contributed by atoms with van der Waals surface area (Å²) in [5.41, 5.74) is 4.82. The maximum absolute atomic E-state index is 6.68. The molecule has 0 radical (unpaired) electrons. The van der Waals surface area contributed by atoms with Crippen molar-refractivity contribution >= 4 is 23.1 Å².